The van der Waals surface area contributed by atoms with E-state index < -0.39 is 10.0 Å². The summed E-state index contributed by atoms with van der Waals surface area (Å²) < 4.78 is 27.7. The molecule has 1 aliphatic carbocycles. The monoisotopic (exact) mass is 470 g/mol. The molecule has 1 amide bonds. The van der Waals surface area contributed by atoms with E-state index >= 15 is 0 Å². The third-order valence-electron chi connectivity index (χ3n) is 7.42. The third-order valence-corrected chi connectivity index (χ3v) is 9.31. The maximum Gasteiger partial charge on any atom is 0.243 e. The van der Waals surface area contributed by atoms with Crippen molar-refractivity contribution < 1.29 is 13.2 Å². The molecular weight excluding hydrogens is 436 g/mol. The summed E-state index contributed by atoms with van der Waals surface area (Å²) in [6, 6.07) is 9.49. The summed E-state index contributed by atoms with van der Waals surface area (Å²) in [6.45, 7) is 2.76. The van der Waals surface area contributed by atoms with Crippen molar-refractivity contribution in [3.8, 4) is 0 Å². The van der Waals surface area contributed by atoms with Crippen LogP contribution < -0.4 is 10.2 Å². The number of pyridine rings is 1. The van der Waals surface area contributed by atoms with Crippen LogP contribution in [-0.4, -0.2) is 55.8 Å². The Labute approximate surface area is 196 Å². The number of rotatable bonds is 5. The van der Waals surface area contributed by atoms with Crippen molar-refractivity contribution in [3.63, 3.8) is 0 Å². The lowest BCUT2D eigenvalue weighted by atomic mass is 9.96. The quantitative estimate of drug-likeness (QED) is 0.721. The van der Waals surface area contributed by atoms with Crippen molar-refractivity contribution in [2.75, 3.05) is 31.1 Å². The summed E-state index contributed by atoms with van der Waals surface area (Å²) in [5.74, 6) is 1.03. The van der Waals surface area contributed by atoms with Gasteiger partial charge in [-0.3, -0.25) is 4.79 Å². The fourth-order valence-electron chi connectivity index (χ4n) is 5.47. The van der Waals surface area contributed by atoms with Crippen molar-refractivity contribution in [2.45, 2.75) is 68.7 Å². The van der Waals surface area contributed by atoms with Crippen molar-refractivity contribution in [1.82, 2.24) is 14.6 Å². The number of fused-ring (bicyclic) bond motifs is 1. The van der Waals surface area contributed by atoms with E-state index in [2.05, 4.69) is 10.2 Å². The molecule has 1 N–H and O–H groups in total. The fourth-order valence-corrected chi connectivity index (χ4v) is 7.03. The van der Waals surface area contributed by atoms with Crippen LogP contribution in [0.5, 0.6) is 0 Å². The third kappa shape index (κ3) is 4.87. The van der Waals surface area contributed by atoms with Crippen LogP contribution in [0, 0.1) is 5.92 Å². The van der Waals surface area contributed by atoms with Crippen molar-refractivity contribution in [3.05, 3.63) is 30.3 Å². The summed E-state index contributed by atoms with van der Waals surface area (Å²) >= 11 is 0. The molecule has 1 saturated carbocycles. The standard InChI is InChI=1S/C25H34N4O3S/c30-25(26-21-8-2-3-9-21)20-7-6-14-28(18-20)24-13-10-19-17-22(11-12-23(19)27-24)33(31,32)29-15-4-1-5-16-29/h10-13,17,20-21H,1-9,14-16,18H2,(H,26,30). The molecule has 3 heterocycles. The first kappa shape index (κ1) is 22.6. The Morgan fingerprint density at radius 3 is 2.48 bits per heavy atom. The summed E-state index contributed by atoms with van der Waals surface area (Å²) in [5.41, 5.74) is 0.780. The van der Waals surface area contributed by atoms with Crippen LogP contribution in [0.15, 0.2) is 35.2 Å². The molecule has 33 heavy (non-hydrogen) atoms. The van der Waals surface area contributed by atoms with Gasteiger partial charge in [0.05, 0.1) is 16.3 Å². The summed E-state index contributed by atoms with van der Waals surface area (Å²) in [5, 5.41) is 4.07. The second-order valence-electron chi connectivity index (χ2n) is 9.76. The predicted molar refractivity (Wildman–Crippen MR) is 130 cm³/mol. The van der Waals surface area contributed by atoms with E-state index in [9.17, 15) is 13.2 Å². The van der Waals surface area contributed by atoms with Crippen LogP contribution in [0.3, 0.4) is 0 Å². The minimum Gasteiger partial charge on any atom is -0.356 e. The van der Waals surface area contributed by atoms with Crippen LogP contribution >= 0.6 is 0 Å². The molecule has 3 fully saturated rings. The Kier molecular flexibility index (Phi) is 6.56. The zero-order valence-electron chi connectivity index (χ0n) is 19.2. The molecule has 1 unspecified atom stereocenters. The highest BCUT2D eigenvalue weighted by Gasteiger charge is 2.29. The van der Waals surface area contributed by atoms with Gasteiger partial charge < -0.3 is 10.2 Å². The molecule has 1 aromatic carbocycles. The molecule has 2 aliphatic heterocycles. The van der Waals surface area contributed by atoms with Gasteiger partial charge in [0.1, 0.15) is 5.82 Å². The Morgan fingerprint density at radius 2 is 1.70 bits per heavy atom. The Morgan fingerprint density at radius 1 is 0.909 bits per heavy atom. The van der Waals surface area contributed by atoms with E-state index in [0.29, 0.717) is 30.6 Å². The molecule has 3 aliphatic rings. The first-order valence-electron chi connectivity index (χ1n) is 12.5. The van der Waals surface area contributed by atoms with Gasteiger partial charge in [0.15, 0.2) is 0 Å². The van der Waals surface area contributed by atoms with E-state index in [-0.39, 0.29) is 11.8 Å². The number of benzene rings is 1. The minimum absolute atomic E-state index is 0.00564. The normalized spacial score (nSPS) is 23.2. The molecule has 1 atom stereocenters. The zero-order chi connectivity index (χ0) is 22.8. The molecule has 0 radical (unpaired) electrons. The maximum atomic E-state index is 13.0. The Balaban J connectivity index is 1.30. The highest BCUT2D eigenvalue weighted by molar-refractivity contribution is 7.89. The van der Waals surface area contributed by atoms with Crippen LogP contribution in [0.1, 0.15) is 57.8 Å². The number of nitrogens with zero attached hydrogens (tertiary/aromatic N) is 3. The van der Waals surface area contributed by atoms with Crippen LogP contribution in [0.2, 0.25) is 0 Å². The van der Waals surface area contributed by atoms with Gasteiger partial charge in [-0.15, -0.1) is 0 Å². The molecule has 178 valence electrons. The van der Waals surface area contributed by atoms with Crippen LogP contribution in [-0.2, 0) is 14.8 Å². The highest BCUT2D eigenvalue weighted by atomic mass is 32.2. The number of carbonyl (C=O) groups is 1. The number of amides is 1. The van der Waals surface area contributed by atoms with E-state index in [1.165, 1.54) is 12.8 Å². The number of anilines is 1. The van der Waals surface area contributed by atoms with E-state index in [0.717, 1.165) is 68.2 Å². The van der Waals surface area contributed by atoms with Crippen LogP contribution in [0.25, 0.3) is 10.9 Å². The minimum atomic E-state index is -3.46. The lowest BCUT2D eigenvalue weighted by Gasteiger charge is -2.33. The number of hydrogen-bond donors (Lipinski definition) is 1. The summed E-state index contributed by atoms with van der Waals surface area (Å²) in [7, 11) is -3.46. The van der Waals surface area contributed by atoms with Gasteiger partial charge in [-0.25, -0.2) is 13.4 Å². The summed E-state index contributed by atoms with van der Waals surface area (Å²) in [6.07, 6.45) is 9.45. The topological polar surface area (TPSA) is 82.6 Å². The number of hydrogen-bond acceptors (Lipinski definition) is 5. The predicted octanol–water partition coefficient (Wildman–Crippen LogP) is 3.68. The molecule has 0 bridgehead atoms. The first-order chi connectivity index (χ1) is 16.0. The van der Waals surface area contributed by atoms with Gasteiger partial charge in [-0.05, 0) is 68.9 Å². The van der Waals surface area contributed by atoms with Gasteiger partial charge in [0, 0.05) is 37.6 Å². The SMILES string of the molecule is O=C(NC1CCCC1)C1CCCN(c2ccc3cc(S(=O)(=O)N4CCCCC4)ccc3n2)C1. The molecule has 7 nitrogen and oxygen atoms in total. The number of aromatic nitrogens is 1. The van der Waals surface area contributed by atoms with Crippen molar-refractivity contribution in [2.24, 2.45) is 5.92 Å². The van der Waals surface area contributed by atoms with E-state index in [1.807, 2.05) is 18.2 Å². The largest absolute Gasteiger partial charge is 0.356 e. The molecule has 2 saturated heterocycles. The highest BCUT2D eigenvalue weighted by Crippen LogP contribution is 2.28. The average Bonchev–Trinajstić information content (AvgIpc) is 3.37. The van der Waals surface area contributed by atoms with Crippen LogP contribution in [0.4, 0.5) is 5.82 Å². The second kappa shape index (κ2) is 9.58. The first-order valence-corrected chi connectivity index (χ1v) is 13.9. The Hall–Kier alpha value is -2.19. The molecule has 8 heteroatoms. The fraction of sp³-hybridized carbons (Fsp3) is 0.600. The van der Waals surface area contributed by atoms with Gasteiger partial charge in [0.25, 0.3) is 0 Å². The molecule has 2 aromatic rings. The zero-order valence-corrected chi connectivity index (χ0v) is 20.0. The summed E-state index contributed by atoms with van der Waals surface area (Å²) in [4.78, 5) is 20.1. The number of sulfonamides is 1. The molecule has 0 spiro atoms. The van der Waals surface area contributed by atoms with Gasteiger partial charge in [-0.1, -0.05) is 19.3 Å². The molecule has 1 aromatic heterocycles. The van der Waals surface area contributed by atoms with Gasteiger partial charge >= 0.3 is 0 Å². The van der Waals surface area contributed by atoms with Crippen molar-refractivity contribution in [1.29, 1.82) is 0 Å². The second-order valence-corrected chi connectivity index (χ2v) is 11.7. The average molecular weight is 471 g/mol. The number of nitrogens with one attached hydrogen (secondary N) is 1. The smallest absolute Gasteiger partial charge is 0.243 e. The lowest BCUT2D eigenvalue weighted by Crippen LogP contribution is -2.45. The number of piperidine rings is 2. The molecule has 5 rings (SSSR count). The van der Waals surface area contributed by atoms with Gasteiger partial charge in [-0.2, -0.15) is 4.31 Å². The lowest BCUT2D eigenvalue weighted by molar-refractivity contribution is -0.125. The van der Waals surface area contributed by atoms with E-state index in [4.69, 9.17) is 4.98 Å². The Bertz CT molecular complexity index is 1110. The van der Waals surface area contributed by atoms with Gasteiger partial charge in [0.2, 0.25) is 15.9 Å². The maximum absolute atomic E-state index is 13.0. The molecular formula is C25H34N4O3S. The number of carbonyl (C=O) groups excluding carboxylic acids is 1. The van der Waals surface area contributed by atoms with Crippen molar-refractivity contribution >= 4 is 32.7 Å². The van der Waals surface area contributed by atoms with E-state index in [1.54, 1.807) is 16.4 Å².